The van der Waals surface area contributed by atoms with Crippen molar-refractivity contribution >= 4 is 0 Å². The van der Waals surface area contributed by atoms with Crippen LogP contribution in [0.15, 0.2) is 15.1 Å². The van der Waals surface area contributed by atoms with Crippen molar-refractivity contribution in [1.82, 2.24) is 24.9 Å². The predicted octanol–water partition coefficient (Wildman–Crippen LogP) is 2.20. The molecular formula is C17H25N5O2. The van der Waals surface area contributed by atoms with Gasteiger partial charge in [0.25, 0.3) is 0 Å². The lowest BCUT2D eigenvalue weighted by Gasteiger charge is -2.23. The van der Waals surface area contributed by atoms with Gasteiger partial charge in [0.05, 0.1) is 19.3 Å². The van der Waals surface area contributed by atoms with E-state index in [1.165, 1.54) is 12.8 Å². The van der Waals surface area contributed by atoms with Gasteiger partial charge in [0.15, 0.2) is 5.82 Å². The predicted molar refractivity (Wildman–Crippen MR) is 87.3 cm³/mol. The molecular weight excluding hydrogens is 306 g/mol. The molecule has 0 aromatic carbocycles. The van der Waals surface area contributed by atoms with Crippen molar-refractivity contribution in [3.8, 4) is 0 Å². The van der Waals surface area contributed by atoms with E-state index in [4.69, 9.17) is 8.94 Å². The molecule has 1 unspecified atom stereocenters. The maximum Gasteiger partial charge on any atom is 0.229 e. The summed E-state index contributed by atoms with van der Waals surface area (Å²) in [7, 11) is 2.14. The van der Waals surface area contributed by atoms with Crippen LogP contribution in [0.25, 0.3) is 0 Å². The van der Waals surface area contributed by atoms with Crippen molar-refractivity contribution in [1.29, 1.82) is 0 Å². The van der Waals surface area contributed by atoms with Crippen LogP contribution < -0.4 is 0 Å². The van der Waals surface area contributed by atoms with E-state index in [-0.39, 0.29) is 0 Å². The van der Waals surface area contributed by atoms with Gasteiger partial charge in [0.1, 0.15) is 5.76 Å². The average Bonchev–Trinajstić information content (AvgIpc) is 3.00. The summed E-state index contributed by atoms with van der Waals surface area (Å²) in [5.74, 6) is 3.93. The molecule has 1 aliphatic carbocycles. The Morgan fingerprint density at radius 3 is 2.96 bits per heavy atom. The molecule has 24 heavy (non-hydrogen) atoms. The summed E-state index contributed by atoms with van der Waals surface area (Å²) in [6.07, 6.45) is 6.25. The number of likely N-dealkylation sites (tertiary alicyclic amines) is 1. The van der Waals surface area contributed by atoms with E-state index in [0.29, 0.717) is 12.0 Å². The minimum atomic E-state index is 0.511. The smallest absolute Gasteiger partial charge is 0.229 e. The average molecular weight is 331 g/mol. The molecule has 0 N–H and O–H groups in total. The van der Waals surface area contributed by atoms with Crippen LogP contribution in [-0.4, -0.2) is 51.1 Å². The standard InChI is InChI=1S/C17H25N5O2/c1-3-14-8-18-16(23-14)11-21(2)13-6-7-22(9-13)10-15-19-17(24-20-15)12-4-5-12/h8,12-13H,3-7,9-11H2,1-2H3. The summed E-state index contributed by atoms with van der Waals surface area (Å²) in [6, 6.07) is 0.511. The van der Waals surface area contributed by atoms with Crippen molar-refractivity contribution in [3.63, 3.8) is 0 Å². The van der Waals surface area contributed by atoms with Crippen molar-refractivity contribution in [3.05, 3.63) is 29.6 Å². The highest BCUT2D eigenvalue weighted by molar-refractivity contribution is 5.02. The largest absolute Gasteiger partial charge is 0.444 e. The fraction of sp³-hybridized carbons (Fsp3) is 0.706. The molecule has 1 atom stereocenters. The fourth-order valence-corrected chi connectivity index (χ4v) is 3.27. The van der Waals surface area contributed by atoms with Crippen LogP contribution >= 0.6 is 0 Å². The Hall–Kier alpha value is -1.73. The van der Waals surface area contributed by atoms with Gasteiger partial charge in [-0.1, -0.05) is 12.1 Å². The van der Waals surface area contributed by atoms with E-state index in [2.05, 4.69) is 38.9 Å². The monoisotopic (exact) mass is 331 g/mol. The van der Waals surface area contributed by atoms with Crippen LogP contribution in [0.3, 0.4) is 0 Å². The van der Waals surface area contributed by atoms with Crippen molar-refractivity contribution in [2.24, 2.45) is 0 Å². The molecule has 0 spiro atoms. The topological polar surface area (TPSA) is 71.4 Å². The zero-order valence-corrected chi connectivity index (χ0v) is 14.4. The molecule has 1 saturated heterocycles. The van der Waals surface area contributed by atoms with Gasteiger partial charge in [0, 0.05) is 31.5 Å². The number of aromatic nitrogens is 3. The third-order valence-corrected chi connectivity index (χ3v) is 4.98. The van der Waals surface area contributed by atoms with Gasteiger partial charge in [-0.05, 0) is 26.3 Å². The van der Waals surface area contributed by atoms with E-state index in [9.17, 15) is 0 Å². The highest BCUT2D eigenvalue weighted by Gasteiger charge is 2.31. The van der Waals surface area contributed by atoms with Gasteiger partial charge in [-0.25, -0.2) is 4.98 Å². The minimum Gasteiger partial charge on any atom is -0.444 e. The summed E-state index contributed by atoms with van der Waals surface area (Å²) >= 11 is 0. The Morgan fingerprint density at radius 1 is 1.33 bits per heavy atom. The van der Waals surface area contributed by atoms with Crippen LogP contribution in [-0.2, 0) is 19.5 Å². The molecule has 130 valence electrons. The maximum absolute atomic E-state index is 5.72. The second kappa shape index (κ2) is 6.64. The number of aryl methyl sites for hydroxylation is 1. The summed E-state index contributed by atoms with van der Waals surface area (Å²) in [5.41, 5.74) is 0. The van der Waals surface area contributed by atoms with E-state index >= 15 is 0 Å². The van der Waals surface area contributed by atoms with Gasteiger partial charge in [-0.2, -0.15) is 4.98 Å². The Kier molecular flexibility index (Phi) is 4.37. The summed E-state index contributed by atoms with van der Waals surface area (Å²) in [6.45, 7) is 5.70. The molecule has 2 aliphatic rings. The lowest BCUT2D eigenvalue weighted by atomic mass is 10.2. The first-order valence-corrected chi connectivity index (χ1v) is 8.90. The zero-order valence-electron chi connectivity index (χ0n) is 14.4. The second-order valence-corrected chi connectivity index (χ2v) is 6.99. The van der Waals surface area contributed by atoms with Crippen LogP contribution in [0, 0.1) is 0 Å². The molecule has 1 saturated carbocycles. The summed E-state index contributed by atoms with van der Waals surface area (Å²) < 4.78 is 11.1. The van der Waals surface area contributed by atoms with Crippen molar-refractivity contribution in [2.75, 3.05) is 20.1 Å². The van der Waals surface area contributed by atoms with Crippen LogP contribution in [0.2, 0.25) is 0 Å². The molecule has 2 aromatic rings. The number of likely N-dealkylation sites (N-methyl/N-ethyl adjacent to an activating group) is 1. The highest BCUT2D eigenvalue weighted by atomic mass is 16.5. The number of oxazole rings is 1. The molecule has 4 rings (SSSR count). The van der Waals surface area contributed by atoms with Crippen molar-refractivity contribution < 1.29 is 8.94 Å². The third-order valence-electron chi connectivity index (χ3n) is 4.98. The Balaban J connectivity index is 1.28. The van der Waals surface area contributed by atoms with Crippen LogP contribution in [0.5, 0.6) is 0 Å². The van der Waals surface area contributed by atoms with Gasteiger partial charge in [-0.3, -0.25) is 9.80 Å². The van der Waals surface area contributed by atoms with E-state index in [1.54, 1.807) is 0 Å². The highest BCUT2D eigenvalue weighted by Crippen LogP contribution is 2.38. The van der Waals surface area contributed by atoms with Crippen molar-refractivity contribution in [2.45, 2.75) is 57.7 Å². The Labute approximate surface area is 142 Å². The summed E-state index contributed by atoms with van der Waals surface area (Å²) in [4.78, 5) is 13.6. The first-order chi connectivity index (χ1) is 11.7. The van der Waals surface area contributed by atoms with Gasteiger partial charge in [-0.15, -0.1) is 0 Å². The lowest BCUT2D eigenvalue weighted by Crippen LogP contribution is -2.34. The molecule has 1 aliphatic heterocycles. The number of hydrogen-bond acceptors (Lipinski definition) is 7. The first-order valence-electron chi connectivity index (χ1n) is 8.90. The lowest BCUT2D eigenvalue weighted by molar-refractivity contribution is 0.202. The molecule has 0 bridgehead atoms. The number of hydrogen-bond donors (Lipinski definition) is 0. The Morgan fingerprint density at radius 2 is 2.21 bits per heavy atom. The molecule has 0 amide bonds. The summed E-state index contributed by atoms with van der Waals surface area (Å²) in [5, 5.41) is 4.12. The Bertz CT molecular complexity index is 678. The van der Waals surface area contributed by atoms with Crippen LogP contribution in [0.1, 0.15) is 55.5 Å². The van der Waals surface area contributed by atoms with E-state index in [1.807, 2.05) is 6.20 Å². The molecule has 3 heterocycles. The van der Waals surface area contributed by atoms with E-state index < -0.39 is 0 Å². The molecule has 7 nitrogen and oxygen atoms in total. The van der Waals surface area contributed by atoms with E-state index in [0.717, 1.165) is 62.4 Å². The van der Waals surface area contributed by atoms with Crippen LogP contribution in [0.4, 0.5) is 0 Å². The van der Waals surface area contributed by atoms with Gasteiger partial charge >= 0.3 is 0 Å². The zero-order chi connectivity index (χ0) is 16.5. The molecule has 0 radical (unpaired) electrons. The minimum absolute atomic E-state index is 0.511. The quantitative estimate of drug-likeness (QED) is 0.770. The number of rotatable bonds is 7. The van der Waals surface area contributed by atoms with Gasteiger partial charge in [0.2, 0.25) is 11.8 Å². The SMILES string of the molecule is CCc1cnc(CN(C)C2CCN(Cc3noc(C4CC4)n3)C2)o1. The number of nitrogens with zero attached hydrogens (tertiary/aromatic N) is 5. The molecule has 2 fully saturated rings. The fourth-order valence-electron chi connectivity index (χ4n) is 3.27. The maximum atomic E-state index is 5.72. The molecule has 7 heteroatoms. The third kappa shape index (κ3) is 3.52. The second-order valence-electron chi connectivity index (χ2n) is 6.99. The first kappa shape index (κ1) is 15.8. The normalized spacial score (nSPS) is 21.9. The molecule has 2 aromatic heterocycles. The van der Waals surface area contributed by atoms with Gasteiger partial charge < -0.3 is 8.94 Å².